The minimum atomic E-state index is -0.952. The molecule has 7 nitrogen and oxygen atoms in total. The molecule has 1 aliphatic carbocycles. The zero-order valence-corrected chi connectivity index (χ0v) is 18.6. The van der Waals surface area contributed by atoms with Crippen LogP contribution in [0.5, 0.6) is 5.75 Å². The molecule has 3 aromatic rings. The number of hydrogen-bond donors (Lipinski definition) is 2. The number of aromatic carboxylic acids is 1. The van der Waals surface area contributed by atoms with Crippen molar-refractivity contribution < 1.29 is 14.6 Å². The largest absolute Gasteiger partial charge is 0.489 e. The fraction of sp³-hybridized carbons (Fsp3) is 0.320. The number of hydrogen-bond acceptors (Lipinski definition) is 6. The van der Waals surface area contributed by atoms with Crippen LogP contribution in [0, 0.1) is 0 Å². The first-order valence-electron chi connectivity index (χ1n) is 10.8. The van der Waals surface area contributed by atoms with Crippen molar-refractivity contribution in [1.29, 1.82) is 0 Å². The number of aromatic nitrogens is 2. The van der Waals surface area contributed by atoms with Crippen molar-refractivity contribution in [3.63, 3.8) is 0 Å². The molecule has 1 atom stereocenters. The molecular weight excluding hydrogens is 404 g/mol. The molecule has 1 aromatic carbocycles. The van der Waals surface area contributed by atoms with E-state index in [1.165, 1.54) is 23.4 Å². The van der Waals surface area contributed by atoms with Crippen LogP contribution in [0.1, 0.15) is 47.7 Å². The number of anilines is 3. The quantitative estimate of drug-likeness (QED) is 0.525. The van der Waals surface area contributed by atoms with Gasteiger partial charge in [0.2, 0.25) is 0 Å². The third-order valence-corrected chi connectivity index (χ3v) is 5.74. The molecule has 4 rings (SSSR count). The second-order valence-electron chi connectivity index (χ2n) is 8.30. The van der Waals surface area contributed by atoms with Crippen molar-refractivity contribution in [3.05, 3.63) is 71.7 Å². The molecule has 7 heteroatoms. The normalized spacial score (nSPS) is 14.8. The van der Waals surface area contributed by atoms with Crippen LogP contribution in [-0.2, 0) is 6.42 Å². The number of rotatable bonds is 8. The van der Waals surface area contributed by atoms with E-state index in [0.29, 0.717) is 18.2 Å². The average Bonchev–Trinajstić information content (AvgIpc) is 3.19. The standard InChI is InChI=1S/C25H28N4O3/c1-16(2)32-20-7-9-24(28-14-20)29(3)19-6-8-21-17(12-19)4-5-18(21)13-27-23-15-26-11-10-22(23)25(30)31/h6-12,14-16,18,27H,4-5,13H2,1-3H3,(H,30,31)/t18-/m0/s1. The van der Waals surface area contributed by atoms with Crippen LogP contribution in [0.25, 0.3) is 0 Å². The van der Waals surface area contributed by atoms with Crippen molar-refractivity contribution in [2.24, 2.45) is 0 Å². The van der Waals surface area contributed by atoms with E-state index >= 15 is 0 Å². The van der Waals surface area contributed by atoms with E-state index in [9.17, 15) is 9.90 Å². The predicted octanol–water partition coefficient (Wildman–Crippen LogP) is 4.87. The summed E-state index contributed by atoms with van der Waals surface area (Å²) in [4.78, 5) is 22.1. The van der Waals surface area contributed by atoms with E-state index in [-0.39, 0.29) is 11.7 Å². The summed E-state index contributed by atoms with van der Waals surface area (Å²) >= 11 is 0. The first-order chi connectivity index (χ1) is 15.4. The highest BCUT2D eigenvalue weighted by Crippen LogP contribution is 2.36. The maximum Gasteiger partial charge on any atom is 0.337 e. The number of benzene rings is 1. The summed E-state index contributed by atoms with van der Waals surface area (Å²) in [5.74, 6) is 1.000. The number of carboxylic acids is 1. The Morgan fingerprint density at radius 3 is 2.81 bits per heavy atom. The van der Waals surface area contributed by atoms with Gasteiger partial charge in [0.25, 0.3) is 0 Å². The Bertz CT molecular complexity index is 1100. The lowest BCUT2D eigenvalue weighted by molar-refractivity contribution is 0.0697. The summed E-state index contributed by atoms with van der Waals surface area (Å²) in [5.41, 5.74) is 4.52. The highest BCUT2D eigenvalue weighted by Gasteiger charge is 2.24. The van der Waals surface area contributed by atoms with Gasteiger partial charge in [-0.1, -0.05) is 6.07 Å². The van der Waals surface area contributed by atoms with E-state index < -0.39 is 5.97 Å². The number of carbonyl (C=O) groups is 1. The molecule has 0 saturated carbocycles. The molecule has 0 amide bonds. The van der Waals surface area contributed by atoms with E-state index in [2.05, 4.69) is 38.4 Å². The molecule has 0 saturated heterocycles. The second-order valence-corrected chi connectivity index (χ2v) is 8.30. The first kappa shape index (κ1) is 21.6. The number of ether oxygens (including phenoxy) is 1. The smallest absolute Gasteiger partial charge is 0.337 e. The van der Waals surface area contributed by atoms with Gasteiger partial charge >= 0.3 is 5.97 Å². The number of pyridine rings is 2. The second kappa shape index (κ2) is 9.26. The Balaban J connectivity index is 1.45. The van der Waals surface area contributed by atoms with E-state index in [1.807, 2.05) is 33.0 Å². The average molecular weight is 433 g/mol. The Labute approximate surface area is 188 Å². The van der Waals surface area contributed by atoms with Crippen LogP contribution >= 0.6 is 0 Å². The van der Waals surface area contributed by atoms with Gasteiger partial charge in [0, 0.05) is 31.4 Å². The number of fused-ring (bicyclic) bond motifs is 1. The van der Waals surface area contributed by atoms with E-state index in [0.717, 1.165) is 30.1 Å². The third kappa shape index (κ3) is 4.66. The van der Waals surface area contributed by atoms with Crippen LogP contribution in [0.15, 0.2) is 55.0 Å². The maximum absolute atomic E-state index is 11.4. The summed E-state index contributed by atoms with van der Waals surface area (Å²) < 4.78 is 5.68. The summed E-state index contributed by atoms with van der Waals surface area (Å²) in [6, 6.07) is 11.9. The first-order valence-corrected chi connectivity index (χ1v) is 10.8. The van der Waals surface area contributed by atoms with Gasteiger partial charge in [-0.3, -0.25) is 4.98 Å². The highest BCUT2D eigenvalue weighted by atomic mass is 16.5. The lowest BCUT2D eigenvalue weighted by atomic mass is 10.0. The Morgan fingerprint density at radius 1 is 1.25 bits per heavy atom. The van der Waals surface area contributed by atoms with Crippen LogP contribution < -0.4 is 15.0 Å². The molecule has 2 aromatic heterocycles. The molecule has 166 valence electrons. The summed E-state index contributed by atoms with van der Waals surface area (Å²) in [6.07, 6.45) is 6.96. The van der Waals surface area contributed by atoms with Crippen molar-refractivity contribution in [3.8, 4) is 5.75 Å². The van der Waals surface area contributed by atoms with E-state index in [4.69, 9.17) is 4.74 Å². The lowest BCUT2D eigenvalue weighted by Gasteiger charge is -2.21. The van der Waals surface area contributed by atoms with E-state index in [1.54, 1.807) is 12.4 Å². The Hall–Kier alpha value is -3.61. The van der Waals surface area contributed by atoms with Crippen LogP contribution in [0.4, 0.5) is 17.2 Å². The summed E-state index contributed by atoms with van der Waals surface area (Å²) in [6.45, 7) is 4.66. The monoisotopic (exact) mass is 432 g/mol. The van der Waals surface area contributed by atoms with Gasteiger partial charge in [0.1, 0.15) is 11.6 Å². The molecule has 1 aliphatic rings. The van der Waals surface area contributed by atoms with Gasteiger partial charge in [-0.25, -0.2) is 9.78 Å². The topological polar surface area (TPSA) is 87.6 Å². The zero-order chi connectivity index (χ0) is 22.7. The number of nitrogens with zero attached hydrogens (tertiary/aromatic N) is 3. The van der Waals surface area contributed by atoms with Gasteiger partial charge < -0.3 is 20.1 Å². The molecule has 0 bridgehead atoms. The number of aryl methyl sites for hydroxylation is 1. The fourth-order valence-corrected chi connectivity index (χ4v) is 4.11. The molecule has 0 spiro atoms. The highest BCUT2D eigenvalue weighted by molar-refractivity contribution is 5.93. The SMILES string of the molecule is CC(C)Oc1ccc(N(C)c2ccc3c(c2)CC[C@H]3CNc2cnccc2C(=O)O)nc1. The molecule has 2 heterocycles. The molecule has 32 heavy (non-hydrogen) atoms. The molecule has 0 unspecified atom stereocenters. The van der Waals surface area contributed by atoms with Gasteiger partial charge in [0.05, 0.1) is 29.7 Å². The fourth-order valence-electron chi connectivity index (χ4n) is 4.11. The molecular formula is C25H28N4O3. The molecule has 0 radical (unpaired) electrons. The minimum absolute atomic E-state index is 0.119. The van der Waals surface area contributed by atoms with Gasteiger partial charge in [-0.05, 0) is 68.1 Å². The van der Waals surface area contributed by atoms with Crippen LogP contribution in [-0.4, -0.2) is 40.7 Å². The van der Waals surface area contributed by atoms with Gasteiger partial charge in [-0.15, -0.1) is 0 Å². The zero-order valence-electron chi connectivity index (χ0n) is 18.6. The third-order valence-electron chi connectivity index (χ3n) is 5.74. The van der Waals surface area contributed by atoms with Crippen molar-refractivity contribution >= 4 is 23.2 Å². The van der Waals surface area contributed by atoms with Crippen molar-refractivity contribution in [2.45, 2.75) is 38.7 Å². The minimum Gasteiger partial charge on any atom is -0.489 e. The Morgan fingerprint density at radius 2 is 2.09 bits per heavy atom. The Kier molecular flexibility index (Phi) is 6.25. The van der Waals surface area contributed by atoms with Crippen LogP contribution in [0.2, 0.25) is 0 Å². The van der Waals surface area contributed by atoms with Gasteiger partial charge in [0.15, 0.2) is 0 Å². The summed E-state index contributed by atoms with van der Waals surface area (Å²) in [5, 5.41) is 12.6. The van der Waals surface area contributed by atoms with Crippen molar-refractivity contribution in [1.82, 2.24) is 9.97 Å². The maximum atomic E-state index is 11.4. The van der Waals surface area contributed by atoms with Gasteiger partial charge in [-0.2, -0.15) is 0 Å². The number of nitrogens with one attached hydrogen (secondary N) is 1. The molecule has 0 aliphatic heterocycles. The summed E-state index contributed by atoms with van der Waals surface area (Å²) in [7, 11) is 2.01. The lowest BCUT2D eigenvalue weighted by Crippen LogP contribution is -2.14. The molecule has 2 N–H and O–H groups in total. The van der Waals surface area contributed by atoms with Crippen LogP contribution in [0.3, 0.4) is 0 Å². The molecule has 0 fully saturated rings. The number of carboxylic acid groups (broad SMARTS) is 1. The van der Waals surface area contributed by atoms with Crippen molar-refractivity contribution in [2.75, 3.05) is 23.8 Å². The predicted molar refractivity (Wildman–Crippen MR) is 125 cm³/mol.